The van der Waals surface area contributed by atoms with Gasteiger partial charge in [-0.05, 0) is 61.4 Å². The molecule has 30 heavy (non-hydrogen) atoms. The first-order valence-electron chi connectivity index (χ1n) is 9.73. The monoisotopic (exact) mass is 456 g/mol. The molecule has 2 N–H and O–H groups in total. The number of rotatable bonds is 13. The zero-order chi connectivity index (χ0) is 22.0. The van der Waals surface area contributed by atoms with Gasteiger partial charge in [0, 0.05) is 13.1 Å². The van der Waals surface area contributed by atoms with Crippen LogP contribution in [0.25, 0.3) is 0 Å². The van der Waals surface area contributed by atoms with Crippen molar-refractivity contribution in [3.63, 3.8) is 0 Å². The zero-order valence-electron chi connectivity index (χ0n) is 17.1. The molecule has 0 aliphatic carbocycles. The molecule has 0 spiro atoms. The number of nitrogens with one attached hydrogen (secondary N) is 2. The fraction of sp³-hybridized carbons (Fsp3) is 0.400. The molecule has 8 nitrogen and oxygen atoms in total. The second-order valence-corrected chi connectivity index (χ2v) is 9.97. The predicted molar refractivity (Wildman–Crippen MR) is 115 cm³/mol. The van der Waals surface area contributed by atoms with Gasteiger partial charge in [0.15, 0.2) is 0 Å². The van der Waals surface area contributed by atoms with E-state index in [1.807, 2.05) is 13.8 Å². The van der Waals surface area contributed by atoms with Crippen molar-refractivity contribution < 1.29 is 26.3 Å². The van der Waals surface area contributed by atoms with Gasteiger partial charge in [-0.15, -0.1) is 0 Å². The molecule has 0 aliphatic heterocycles. The molecule has 0 radical (unpaired) electrons. The van der Waals surface area contributed by atoms with Crippen molar-refractivity contribution in [1.29, 1.82) is 0 Å². The minimum absolute atomic E-state index is 0.183. The Kier molecular flexibility index (Phi) is 9.09. The lowest BCUT2D eigenvalue weighted by atomic mass is 10.3. The average molecular weight is 457 g/mol. The van der Waals surface area contributed by atoms with Gasteiger partial charge in [0.05, 0.1) is 9.79 Å². The van der Waals surface area contributed by atoms with E-state index in [1.54, 1.807) is 24.3 Å². The van der Waals surface area contributed by atoms with Crippen LogP contribution in [0.2, 0.25) is 0 Å². The molecule has 0 aromatic heterocycles. The number of ether oxygens (including phenoxy) is 2. The highest BCUT2D eigenvalue weighted by atomic mass is 32.2. The molecule has 0 unspecified atom stereocenters. The van der Waals surface area contributed by atoms with Crippen LogP contribution >= 0.6 is 0 Å². The van der Waals surface area contributed by atoms with E-state index >= 15 is 0 Å². The highest BCUT2D eigenvalue weighted by Crippen LogP contribution is 2.17. The molecular formula is C20H28N2O6S2. The van der Waals surface area contributed by atoms with Gasteiger partial charge in [0.25, 0.3) is 0 Å². The molecule has 0 bridgehead atoms. The van der Waals surface area contributed by atoms with Crippen molar-refractivity contribution in [2.75, 3.05) is 26.3 Å². The predicted octanol–water partition coefficient (Wildman–Crippen LogP) is 2.52. The third-order valence-electron chi connectivity index (χ3n) is 3.97. The summed E-state index contributed by atoms with van der Waals surface area (Å²) in [6.45, 7) is 5.06. The number of benzene rings is 2. The lowest BCUT2D eigenvalue weighted by Crippen LogP contribution is -2.24. The molecule has 2 rings (SSSR count). The molecule has 10 heteroatoms. The first-order chi connectivity index (χ1) is 14.3. The Morgan fingerprint density at radius 3 is 1.27 bits per heavy atom. The Hall–Kier alpha value is -2.14. The van der Waals surface area contributed by atoms with Crippen LogP contribution in [0, 0.1) is 0 Å². The Balaban J connectivity index is 1.81. The average Bonchev–Trinajstić information content (AvgIpc) is 2.74. The number of sulfonamides is 2. The summed E-state index contributed by atoms with van der Waals surface area (Å²) in [4.78, 5) is 0.367. The standard InChI is InChI=1S/C20H28N2O6S2/c1-3-13-21-29(23,24)19-9-5-17(6-10-19)27-15-16-28-18-7-11-20(12-8-18)30(25,26)22-14-4-2/h5-12,21-22H,3-4,13-16H2,1-2H3. The van der Waals surface area contributed by atoms with Crippen LogP contribution < -0.4 is 18.9 Å². The third-order valence-corrected chi connectivity index (χ3v) is 6.93. The van der Waals surface area contributed by atoms with Crippen LogP contribution in [0.5, 0.6) is 11.5 Å². The highest BCUT2D eigenvalue weighted by molar-refractivity contribution is 7.89. The van der Waals surface area contributed by atoms with E-state index in [4.69, 9.17) is 9.47 Å². The van der Waals surface area contributed by atoms with E-state index in [0.29, 0.717) is 37.4 Å². The van der Waals surface area contributed by atoms with Crippen molar-refractivity contribution in [3.05, 3.63) is 48.5 Å². The normalized spacial score (nSPS) is 11.9. The summed E-state index contributed by atoms with van der Waals surface area (Å²) in [5.41, 5.74) is 0. The minimum Gasteiger partial charge on any atom is -0.490 e. The van der Waals surface area contributed by atoms with Crippen LogP contribution in [-0.4, -0.2) is 43.1 Å². The molecule has 0 heterocycles. The maximum Gasteiger partial charge on any atom is 0.240 e. The van der Waals surface area contributed by atoms with Gasteiger partial charge >= 0.3 is 0 Å². The summed E-state index contributed by atoms with van der Waals surface area (Å²) in [5, 5.41) is 0. The molecule has 2 aromatic rings. The fourth-order valence-electron chi connectivity index (χ4n) is 2.39. The first kappa shape index (κ1) is 24.1. The van der Waals surface area contributed by atoms with E-state index in [1.165, 1.54) is 24.3 Å². The molecule has 2 aromatic carbocycles. The van der Waals surface area contributed by atoms with Gasteiger partial charge in [0.2, 0.25) is 20.0 Å². The van der Waals surface area contributed by atoms with Crippen molar-refractivity contribution in [2.24, 2.45) is 0 Å². The van der Waals surface area contributed by atoms with Crippen LogP contribution in [0.15, 0.2) is 58.3 Å². The number of hydrogen-bond donors (Lipinski definition) is 2. The second-order valence-electron chi connectivity index (χ2n) is 6.44. The quantitative estimate of drug-likeness (QED) is 0.448. The molecule has 166 valence electrons. The summed E-state index contributed by atoms with van der Waals surface area (Å²) in [7, 11) is -6.99. The topological polar surface area (TPSA) is 111 Å². The second kappa shape index (κ2) is 11.3. The largest absolute Gasteiger partial charge is 0.490 e. The van der Waals surface area contributed by atoms with Crippen LogP contribution in [0.1, 0.15) is 26.7 Å². The Labute approximate surface area is 178 Å². The Morgan fingerprint density at radius 2 is 0.967 bits per heavy atom. The van der Waals surface area contributed by atoms with Crippen LogP contribution in [-0.2, 0) is 20.0 Å². The van der Waals surface area contributed by atoms with Gasteiger partial charge in [0.1, 0.15) is 24.7 Å². The van der Waals surface area contributed by atoms with E-state index in [0.717, 1.165) is 0 Å². The summed E-state index contributed by atoms with van der Waals surface area (Å²) in [6, 6.07) is 12.3. The Bertz CT molecular complexity index is 905. The molecule has 0 amide bonds. The van der Waals surface area contributed by atoms with Crippen molar-refractivity contribution in [2.45, 2.75) is 36.5 Å². The summed E-state index contributed by atoms with van der Waals surface area (Å²) >= 11 is 0. The summed E-state index contributed by atoms with van der Waals surface area (Å²) < 4.78 is 64.3. The first-order valence-corrected chi connectivity index (χ1v) is 12.7. The highest BCUT2D eigenvalue weighted by Gasteiger charge is 2.13. The molecule has 0 aliphatic rings. The van der Waals surface area contributed by atoms with Crippen LogP contribution in [0.3, 0.4) is 0 Å². The summed E-state index contributed by atoms with van der Waals surface area (Å²) in [6.07, 6.45) is 1.43. The van der Waals surface area contributed by atoms with Gasteiger partial charge < -0.3 is 9.47 Å². The maximum absolute atomic E-state index is 12.0. The molecule has 0 saturated heterocycles. The summed E-state index contributed by atoms with van der Waals surface area (Å²) in [5.74, 6) is 1.05. The smallest absolute Gasteiger partial charge is 0.240 e. The maximum atomic E-state index is 12.0. The lowest BCUT2D eigenvalue weighted by Gasteiger charge is -2.10. The fourth-order valence-corrected chi connectivity index (χ4v) is 4.66. The molecular weight excluding hydrogens is 428 g/mol. The SMILES string of the molecule is CCCNS(=O)(=O)c1ccc(OCCOc2ccc(S(=O)(=O)NCCC)cc2)cc1. The van der Waals surface area contributed by atoms with E-state index < -0.39 is 20.0 Å². The Morgan fingerprint density at radius 1 is 0.633 bits per heavy atom. The van der Waals surface area contributed by atoms with Gasteiger partial charge in [-0.3, -0.25) is 0 Å². The van der Waals surface area contributed by atoms with Gasteiger partial charge in [-0.1, -0.05) is 13.8 Å². The lowest BCUT2D eigenvalue weighted by molar-refractivity contribution is 0.217. The van der Waals surface area contributed by atoms with Crippen molar-refractivity contribution in [3.8, 4) is 11.5 Å². The van der Waals surface area contributed by atoms with E-state index in [2.05, 4.69) is 9.44 Å². The van der Waals surface area contributed by atoms with Crippen molar-refractivity contribution >= 4 is 20.0 Å². The van der Waals surface area contributed by atoms with Crippen LogP contribution in [0.4, 0.5) is 0 Å². The number of hydrogen-bond acceptors (Lipinski definition) is 6. The molecule has 0 saturated carbocycles. The molecule has 0 atom stereocenters. The van der Waals surface area contributed by atoms with E-state index in [-0.39, 0.29) is 23.0 Å². The molecule has 0 fully saturated rings. The van der Waals surface area contributed by atoms with Gasteiger partial charge in [-0.2, -0.15) is 0 Å². The van der Waals surface area contributed by atoms with Crippen molar-refractivity contribution in [1.82, 2.24) is 9.44 Å². The van der Waals surface area contributed by atoms with Gasteiger partial charge in [-0.25, -0.2) is 26.3 Å². The zero-order valence-corrected chi connectivity index (χ0v) is 18.8. The minimum atomic E-state index is -3.50. The van der Waals surface area contributed by atoms with E-state index in [9.17, 15) is 16.8 Å². The third kappa shape index (κ3) is 7.28.